The maximum absolute atomic E-state index is 6.00. The summed E-state index contributed by atoms with van der Waals surface area (Å²) < 4.78 is 7.18. The molecule has 1 aromatic heterocycles. The molecule has 0 saturated carbocycles. The molecule has 2 rings (SSSR count). The van der Waals surface area contributed by atoms with Gasteiger partial charge in [0.15, 0.2) is 0 Å². The Morgan fingerprint density at radius 3 is 2.93 bits per heavy atom. The first-order valence-electron chi connectivity index (χ1n) is 4.35. The first-order valence-corrected chi connectivity index (χ1v) is 7.25. The van der Waals surface area contributed by atoms with Crippen molar-refractivity contribution in [2.24, 2.45) is 5.92 Å². The van der Waals surface area contributed by atoms with Gasteiger partial charge in [-0.1, -0.05) is 27.5 Å². The first kappa shape index (κ1) is 11.4. The van der Waals surface area contributed by atoms with Crippen LogP contribution in [0.25, 0.3) is 0 Å². The molecular formula is C9H9Br2ClOS. The summed E-state index contributed by atoms with van der Waals surface area (Å²) in [6.45, 7) is 1.73. The highest BCUT2D eigenvalue weighted by Gasteiger charge is 2.26. The van der Waals surface area contributed by atoms with Gasteiger partial charge in [-0.25, -0.2) is 0 Å². The minimum atomic E-state index is 0.374. The van der Waals surface area contributed by atoms with Gasteiger partial charge in [0.2, 0.25) is 0 Å². The molecule has 0 bridgehead atoms. The summed E-state index contributed by atoms with van der Waals surface area (Å²) in [4.78, 5) is 1.65. The third kappa shape index (κ3) is 2.35. The number of rotatable bonds is 2. The van der Waals surface area contributed by atoms with Crippen LogP contribution in [-0.2, 0) is 4.74 Å². The van der Waals surface area contributed by atoms with Crippen LogP contribution >= 0.6 is 54.8 Å². The van der Waals surface area contributed by atoms with E-state index in [0.717, 1.165) is 28.4 Å². The molecule has 1 aliphatic rings. The SMILES string of the molecule is Clc1sc(C(Br)C2CCOC2)cc1Br. The molecule has 0 N–H and O–H groups in total. The number of hydrogen-bond acceptors (Lipinski definition) is 2. The molecule has 1 saturated heterocycles. The zero-order valence-electron chi connectivity index (χ0n) is 7.30. The van der Waals surface area contributed by atoms with Crippen LogP contribution in [0.4, 0.5) is 0 Å². The van der Waals surface area contributed by atoms with Crippen LogP contribution in [0, 0.1) is 5.92 Å². The van der Waals surface area contributed by atoms with Gasteiger partial charge < -0.3 is 4.74 Å². The lowest BCUT2D eigenvalue weighted by Gasteiger charge is -2.13. The van der Waals surface area contributed by atoms with Crippen molar-refractivity contribution in [3.8, 4) is 0 Å². The van der Waals surface area contributed by atoms with Crippen molar-refractivity contribution in [1.29, 1.82) is 0 Å². The molecule has 1 fully saturated rings. The molecule has 2 heterocycles. The van der Waals surface area contributed by atoms with Gasteiger partial charge in [-0.2, -0.15) is 0 Å². The lowest BCUT2D eigenvalue weighted by atomic mass is 10.0. The Kier molecular flexibility index (Phi) is 3.93. The summed E-state index contributed by atoms with van der Waals surface area (Å²) in [7, 11) is 0. The number of ether oxygens (including phenoxy) is 1. The quantitative estimate of drug-likeness (QED) is 0.699. The second-order valence-corrected chi connectivity index (χ2v) is 6.82. The molecule has 1 aromatic rings. The predicted molar refractivity (Wildman–Crippen MR) is 67.6 cm³/mol. The molecule has 14 heavy (non-hydrogen) atoms. The van der Waals surface area contributed by atoms with Crippen molar-refractivity contribution >= 4 is 54.8 Å². The Morgan fingerprint density at radius 1 is 1.64 bits per heavy atom. The molecule has 2 atom stereocenters. The third-order valence-electron chi connectivity index (χ3n) is 2.31. The van der Waals surface area contributed by atoms with Gasteiger partial charge in [-0.15, -0.1) is 11.3 Å². The molecule has 0 radical (unpaired) electrons. The summed E-state index contributed by atoms with van der Waals surface area (Å²) in [5.74, 6) is 0.580. The largest absolute Gasteiger partial charge is 0.381 e. The van der Waals surface area contributed by atoms with E-state index in [1.165, 1.54) is 4.88 Å². The highest BCUT2D eigenvalue weighted by atomic mass is 79.9. The zero-order chi connectivity index (χ0) is 10.1. The van der Waals surface area contributed by atoms with Crippen molar-refractivity contribution in [2.75, 3.05) is 13.2 Å². The number of thiophene rings is 1. The van der Waals surface area contributed by atoms with Crippen LogP contribution in [0.3, 0.4) is 0 Å². The maximum Gasteiger partial charge on any atom is 0.107 e. The first-order chi connectivity index (χ1) is 6.68. The van der Waals surface area contributed by atoms with Gasteiger partial charge in [0.1, 0.15) is 4.34 Å². The van der Waals surface area contributed by atoms with Crippen molar-refractivity contribution in [3.05, 3.63) is 19.8 Å². The summed E-state index contributed by atoms with van der Waals surface area (Å²) in [5, 5.41) is 0. The van der Waals surface area contributed by atoms with Gasteiger partial charge in [0.05, 0.1) is 11.4 Å². The van der Waals surface area contributed by atoms with Crippen LogP contribution in [0.15, 0.2) is 10.5 Å². The van der Waals surface area contributed by atoms with Crippen LogP contribution in [0.2, 0.25) is 4.34 Å². The Balaban J connectivity index is 2.13. The van der Waals surface area contributed by atoms with Crippen LogP contribution in [0.1, 0.15) is 16.1 Å². The van der Waals surface area contributed by atoms with Gasteiger partial charge in [0, 0.05) is 21.9 Å². The van der Waals surface area contributed by atoms with Gasteiger partial charge >= 0.3 is 0 Å². The number of hydrogen-bond donors (Lipinski definition) is 0. The number of alkyl halides is 1. The van der Waals surface area contributed by atoms with E-state index in [1.807, 2.05) is 0 Å². The Hall–Kier alpha value is 0.910. The van der Waals surface area contributed by atoms with E-state index in [2.05, 4.69) is 37.9 Å². The Morgan fingerprint density at radius 2 is 2.43 bits per heavy atom. The lowest BCUT2D eigenvalue weighted by molar-refractivity contribution is 0.186. The van der Waals surface area contributed by atoms with E-state index in [9.17, 15) is 0 Å². The fraction of sp³-hybridized carbons (Fsp3) is 0.556. The molecule has 78 valence electrons. The molecule has 0 amide bonds. The van der Waals surface area contributed by atoms with E-state index >= 15 is 0 Å². The third-order valence-corrected chi connectivity index (χ3v) is 6.42. The monoisotopic (exact) mass is 358 g/mol. The minimum absolute atomic E-state index is 0.374. The molecule has 0 aliphatic carbocycles. The standard InChI is InChI=1S/C9H9Br2ClOS/c10-6-3-7(14-9(6)12)8(11)5-1-2-13-4-5/h3,5,8H,1-2,4H2. The van der Waals surface area contributed by atoms with E-state index in [1.54, 1.807) is 11.3 Å². The van der Waals surface area contributed by atoms with E-state index < -0.39 is 0 Å². The van der Waals surface area contributed by atoms with E-state index in [-0.39, 0.29) is 0 Å². The Labute approximate surface area is 109 Å². The summed E-state index contributed by atoms with van der Waals surface area (Å²) in [6, 6.07) is 2.09. The second-order valence-electron chi connectivity index (χ2n) is 3.30. The van der Waals surface area contributed by atoms with E-state index in [4.69, 9.17) is 16.3 Å². The zero-order valence-corrected chi connectivity index (χ0v) is 12.0. The average molecular weight is 360 g/mol. The maximum atomic E-state index is 6.00. The summed E-state index contributed by atoms with van der Waals surface area (Å²) in [6.07, 6.45) is 1.13. The number of halogens is 3. The molecular weight excluding hydrogens is 351 g/mol. The van der Waals surface area contributed by atoms with Crippen LogP contribution < -0.4 is 0 Å². The molecule has 1 aliphatic heterocycles. The van der Waals surface area contributed by atoms with Crippen molar-refractivity contribution in [3.63, 3.8) is 0 Å². The second kappa shape index (κ2) is 4.83. The van der Waals surface area contributed by atoms with Gasteiger partial charge in [-0.3, -0.25) is 0 Å². The van der Waals surface area contributed by atoms with Gasteiger partial charge in [0.25, 0.3) is 0 Å². The van der Waals surface area contributed by atoms with Crippen LogP contribution in [0.5, 0.6) is 0 Å². The molecule has 2 unspecified atom stereocenters. The smallest absolute Gasteiger partial charge is 0.107 e. The fourth-order valence-corrected chi connectivity index (χ4v) is 4.15. The van der Waals surface area contributed by atoms with Gasteiger partial charge in [-0.05, 0) is 28.4 Å². The molecule has 1 nitrogen and oxygen atoms in total. The summed E-state index contributed by atoms with van der Waals surface area (Å²) >= 11 is 14.8. The van der Waals surface area contributed by atoms with Crippen molar-refractivity contribution in [2.45, 2.75) is 11.2 Å². The fourth-order valence-electron chi connectivity index (χ4n) is 1.52. The topological polar surface area (TPSA) is 9.23 Å². The molecule has 0 spiro atoms. The van der Waals surface area contributed by atoms with Crippen molar-refractivity contribution < 1.29 is 4.74 Å². The minimum Gasteiger partial charge on any atom is -0.381 e. The predicted octanol–water partition coefficient (Wildman–Crippen LogP) is 4.64. The Bertz CT molecular complexity index is 303. The molecule has 0 aromatic carbocycles. The van der Waals surface area contributed by atoms with Crippen LogP contribution in [-0.4, -0.2) is 13.2 Å². The molecule has 5 heteroatoms. The normalized spacial score (nSPS) is 24.1. The summed E-state index contributed by atoms with van der Waals surface area (Å²) in [5.41, 5.74) is 0. The van der Waals surface area contributed by atoms with Crippen molar-refractivity contribution in [1.82, 2.24) is 0 Å². The average Bonchev–Trinajstić information content (AvgIpc) is 2.76. The highest BCUT2D eigenvalue weighted by Crippen LogP contribution is 2.43. The lowest BCUT2D eigenvalue weighted by Crippen LogP contribution is -2.05. The highest BCUT2D eigenvalue weighted by molar-refractivity contribution is 9.10. The van der Waals surface area contributed by atoms with E-state index in [0.29, 0.717) is 10.7 Å².